The topological polar surface area (TPSA) is 58.6 Å². The predicted molar refractivity (Wildman–Crippen MR) is 86.1 cm³/mol. The average molecular weight is 325 g/mol. The minimum absolute atomic E-state index is 0.0839. The summed E-state index contributed by atoms with van der Waals surface area (Å²) in [6.45, 7) is 5.01. The van der Waals surface area contributed by atoms with E-state index in [1.54, 1.807) is 24.0 Å². The highest BCUT2D eigenvalue weighted by molar-refractivity contribution is 6.31. The monoisotopic (exact) mass is 324 g/mol. The van der Waals surface area contributed by atoms with Gasteiger partial charge in [0.25, 0.3) is 0 Å². The van der Waals surface area contributed by atoms with Crippen molar-refractivity contribution in [1.29, 1.82) is 0 Å². The fourth-order valence-corrected chi connectivity index (χ4v) is 2.72. The van der Waals surface area contributed by atoms with Gasteiger partial charge < -0.3 is 15.0 Å². The molecule has 1 unspecified atom stereocenters. The first-order chi connectivity index (χ1) is 10.5. The van der Waals surface area contributed by atoms with Gasteiger partial charge >= 0.3 is 6.09 Å². The molecule has 0 spiro atoms. The number of piperidine rings is 1. The molecular formula is C16H21ClN2O3. The molecule has 0 saturated carbocycles. The summed E-state index contributed by atoms with van der Waals surface area (Å²) < 4.78 is 5.00. The van der Waals surface area contributed by atoms with Gasteiger partial charge in [-0.15, -0.1) is 0 Å². The zero-order valence-corrected chi connectivity index (χ0v) is 13.7. The summed E-state index contributed by atoms with van der Waals surface area (Å²) >= 11 is 6.06. The molecule has 2 amide bonds. The van der Waals surface area contributed by atoms with Crippen molar-refractivity contribution in [1.82, 2.24) is 4.90 Å². The van der Waals surface area contributed by atoms with Crippen molar-refractivity contribution in [2.45, 2.75) is 26.7 Å². The Balaban J connectivity index is 2.00. The first-order valence-electron chi connectivity index (χ1n) is 7.50. The molecular weight excluding hydrogens is 304 g/mol. The second kappa shape index (κ2) is 7.49. The fourth-order valence-electron chi connectivity index (χ4n) is 2.55. The second-order valence-corrected chi connectivity index (χ2v) is 5.79. The minimum Gasteiger partial charge on any atom is -0.450 e. The molecule has 1 aliphatic heterocycles. The Morgan fingerprint density at radius 2 is 2.23 bits per heavy atom. The normalized spacial score (nSPS) is 18.0. The predicted octanol–water partition coefficient (Wildman–Crippen LogP) is 3.46. The van der Waals surface area contributed by atoms with E-state index in [2.05, 4.69) is 5.32 Å². The van der Waals surface area contributed by atoms with Crippen molar-refractivity contribution in [3.63, 3.8) is 0 Å². The molecule has 0 radical (unpaired) electrons. The van der Waals surface area contributed by atoms with Crippen LogP contribution < -0.4 is 5.32 Å². The van der Waals surface area contributed by atoms with Gasteiger partial charge in [0.15, 0.2) is 0 Å². The molecule has 1 heterocycles. The van der Waals surface area contributed by atoms with Crippen LogP contribution in [0.5, 0.6) is 0 Å². The van der Waals surface area contributed by atoms with Crippen molar-refractivity contribution in [3.05, 3.63) is 28.8 Å². The Bertz CT molecular complexity index is 562. The molecule has 22 heavy (non-hydrogen) atoms. The van der Waals surface area contributed by atoms with E-state index in [1.807, 2.05) is 13.0 Å². The zero-order chi connectivity index (χ0) is 16.1. The molecule has 1 saturated heterocycles. The number of halogens is 1. The Hall–Kier alpha value is -1.75. The van der Waals surface area contributed by atoms with E-state index in [0.29, 0.717) is 30.4 Å². The van der Waals surface area contributed by atoms with Gasteiger partial charge in [-0.1, -0.05) is 17.7 Å². The third-order valence-electron chi connectivity index (χ3n) is 3.84. The van der Waals surface area contributed by atoms with Crippen LogP contribution in [0.3, 0.4) is 0 Å². The lowest BCUT2D eigenvalue weighted by atomic mass is 9.97. The van der Waals surface area contributed by atoms with Crippen molar-refractivity contribution in [3.8, 4) is 0 Å². The van der Waals surface area contributed by atoms with E-state index < -0.39 is 0 Å². The van der Waals surface area contributed by atoms with Crippen LogP contribution in [0.15, 0.2) is 18.2 Å². The van der Waals surface area contributed by atoms with Crippen LogP contribution >= 0.6 is 11.6 Å². The van der Waals surface area contributed by atoms with E-state index in [-0.39, 0.29) is 17.9 Å². The number of hydrogen-bond acceptors (Lipinski definition) is 3. The number of amides is 2. The summed E-state index contributed by atoms with van der Waals surface area (Å²) in [5.74, 6) is -0.309. The summed E-state index contributed by atoms with van der Waals surface area (Å²) in [5, 5.41) is 3.53. The van der Waals surface area contributed by atoms with Gasteiger partial charge in [0.2, 0.25) is 5.91 Å². The standard InChI is InChI=1S/C16H21ClN2O3/c1-3-22-16(21)19-9-5-6-12(10-19)15(20)18-14-8-4-7-13(17)11(14)2/h4,7-8,12H,3,5-6,9-10H2,1-2H3,(H,18,20). The van der Waals surface area contributed by atoms with Crippen LogP contribution in [0.1, 0.15) is 25.3 Å². The van der Waals surface area contributed by atoms with E-state index in [1.165, 1.54) is 0 Å². The van der Waals surface area contributed by atoms with Gasteiger partial charge in [-0.25, -0.2) is 4.79 Å². The molecule has 0 aromatic heterocycles. The number of nitrogens with one attached hydrogen (secondary N) is 1. The number of carbonyl (C=O) groups is 2. The van der Waals surface area contributed by atoms with Crippen LogP contribution in [-0.2, 0) is 9.53 Å². The van der Waals surface area contributed by atoms with Crippen LogP contribution in [0.2, 0.25) is 5.02 Å². The number of nitrogens with zero attached hydrogens (tertiary/aromatic N) is 1. The summed E-state index contributed by atoms with van der Waals surface area (Å²) in [4.78, 5) is 25.8. The molecule has 1 N–H and O–H groups in total. The highest BCUT2D eigenvalue weighted by Gasteiger charge is 2.29. The third kappa shape index (κ3) is 3.91. The maximum absolute atomic E-state index is 12.4. The smallest absolute Gasteiger partial charge is 0.409 e. The molecule has 0 bridgehead atoms. The van der Waals surface area contributed by atoms with E-state index in [4.69, 9.17) is 16.3 Å². The maximum Gasteiger partial charge on any atom is 0.409 e. The first-order valence-corrected chi connectivity index (χ1v) is 7.88. The van der Waals surface area contributed by atoms with Crippen LogP contribution in [0.25, 0.3) is 0 Å². The fraction of sp³-hybridized carbons (Fsp3) is 0.500. The van der Waals surface area contributed by atoms with Gasteiger partial charge in [-0.05, 0) is 44.4 Å². The molecule has 2 rings (SSSR count). The van der Waals surface area contributed by atoms with Crippen molar-refractivity contribution < 1.29 is 14.3 Å². The van der Waals surface area contributed by atoms with E-state index in [0.717, 1.165) is 18.4 Å². The number of carbonyl (C=O) groups excluding carboxylic acids is 2. The van der Waals surface area contributed by atoms with Crippen LogP contribution in [-0.4, -0.2) is 36.6 Å². The van der Waals surface area contributed by atoms with Gasteiger partial charge in [-0.2, -0.15) is 0 Å². The summed E-state index contributed by atoms with van der Waals surface area (Å²) in [6.07, 6.45) is 1.21. The zero-order valence-electron chi connectivity index (χ0n) is 12.9. The molecule has 6 heteroatoms. The van der Waals surface area contributed by atoms with Gasteiger partial charge in [0.1, 0.15) is 0 Å². The quantitative estimate of drug-likeness (QED) is 0.926. The SMILES string of the molecule is CCOC(=O)N1CCCC(C(=O)Nc2cccc(Cl)c2C)C1. The van der Waals surface area contributed by atoms with Gasteiger partial charge in [0, 0.05) is 23.8 Å². The number of hydrogen-bond donors (Lipinski definition) is 1. The largest absolute Gasteiger partial charge is 0.450 e. The lowest BCUT2D eigenvalue weighted by Crippen LogP contribution is -2.44. The lowest BCUT2D eigenvalue weighted by molar-refractivity contribution is -0.121. The van der Waals surface area contributed by atoms with Crippen LogP contribution in [0.4, 0.5) is 10.5 Å². The number of benzene rings is 1. The van der Waals surface area contributed by atoms with Crippen molar-refractivity contribution >= 4 is 29.3 Å². The first kappa shape index (κ1) is 16.6. The molecule has 1 aromatic carbocycles. The van der Waals surface area contributed by atoms with Crippen LogP contribution in [0, 0.1) is 12.8 Å². The van der Waals surface area contributed by atoms with Gasteiger partial charge in [0.05, 0.1) is 12.5 Å². The summed E-state index contributed by atoms with van der Waals surface area (Å²) in [5.41, 5.74) is 1.56. The minimum atomic E-state index is -0.348. The highest BCUT2D eigenvalue weighted by atomic mass is 35.5. The number of likely N-dealkylation sites (tertiary alicyclic amines) is 1. The molecule has 0 aliphatic carbocycles. The number of ether oxygens (including phenoxy) is 1. The molecule has 1 aliphatic rings. The second-order valence-electron chi connectivity index (χ2n) is 5.39. The van der Waals surface area contributed by atoms with E-state index in [9.17, 15) is 9.59 Å². The average Bonchev–Trinajstić information content (AvgIpc) is 2.52. The van der Waals surface area contributed by atoms with Gasteiger partial charge in [-0.3, -0.25) is 4.79 Å². The van der Waals surface area contributed by atoms with Crippen molar-refractivity contribution in [2.24, 2.45) is 5.92 Å². The highest BCUT2D eigenvalue weighted by Crippen LogP contribution is 2.25. The molecule has 1 fully saturated rings. The third-order valence-corrected chi connectivity index (χ3v) is 4.25. The Morgan fingerprint density at radius 1 is 1.45 bits per heavy atom. The molecule has 1 aromatic rings. The Labute approximate surface area is 135 Å². The number of anilines is 1. The molecule has 5 nitrogen and oxygen atoms in total. The summed E-state index contributed by atoms with van der Waals surface area (Å²) in [7, 11) is 0. The lowest BCUT2D eigenvalue weighted by Gasteiger charge is -2.31. The molecule has 1 atom stereocenters. The molecule has 120 valence electrons. The van der Waals surface area contributed by atoms with Crippen molar-refractivity contribution in [2.75, 3.05) is 25.0 Å². The maximum atomic E-state index is 12.4. The Kier molecular flexibility index (Phi) is 5.66. The Morgan fingerprint density at radius 3 is 2.95 bits per heavy atom. The van der Waals surface area contributed by atoms with E-state index >= 15 is 0 Å². The summed E-state index contributed by atoms with van der Waals surface area (Å²) in [6, 6.07) is 5.41. The number of rotatable bonds is 3.